The lowest BCUT2D eigenvalue weighted by atomic mass is 10.4. The number of aliphatic carboxylic acids is 1. The van der Waals surface area contributed by atoms with Crippen LogP contribution in [0.1, 0.15) is 12.8 Å². The Kier molecular flexibility index (Phi) is 2.43. The zero-order chi connectivity index (χ0) is 11.7. The maximum Gasteiger partial charge on any atom is 0.325 e. The smallest absolute Gasteiger partial charge is 0.325 e. The zero-order valence-corrected chi connectivity index (χ0v) is 8.29. The van der Waals surface area contributed by atoms with Crippen LogP contribution in [-0.2, 0) is 20.9 Å². The molecular weight excluding hydrogens is 214 g/mol. The third-order valence-electron chi connectivity index (χ3n) is 2.23. The summed E-state index contributed by atoms with van der Waals surface area (Å²) in [6.45, 7) is -0.295. The van der Waals surface area contributed by atoms with Crippen LogP contribution in [0.15, 0.2) is 12.4 Å². The fourth-order valence-electron chi connectivity index (χ4n) is 1.56. The Hall–Kier alpha value is -2.18. The second-order valence-electron chi connectivity index (χ2n) is 3.41. The molecule has 1 aromatic heterocycles. The summed E-state index contributed by atoms with van der Waals surface area (Å²) in [6.07, 6.45) is 3.07. The van der Waals surface area contributed by atoms with Gasteiger partial charge in [0.05, 0.1) is 11.9 Å². The number of aromatic nitrogens is 2. The Bertz CT molecular complexity index is 449. The summed E-state index contributed by atoms with van der Waals surface area (Å²) in [5.41, 5.74) is 0.328. The first-order chi connectivity index (χ1) is 7.58. The van der Waals surface area contributed by atoms with Crippen LogP contribution in [0, 0.1) is 0 Å². The van der Waals surface area contributed by atoms with E-state index in [1.165, 1.54) is 12.4 Å². The van der Waals surface area contributed by atoms with Crippen molar-refractivity contribution in [1.29, 1.82) is 0 Å². The third kappa shape index (κ3) is 1.79. The lowest BCUT2D eigenvalue weighted by Gasteiger charge is -2.09. The van der Waals surface area contributed by atoms with E-state index in [-0.39, 0.29) is 31.2 Å². The topological polar surface area (TPSA) is 92.5 Å². The number of nitrogens with zero attached hydrogens (tertiary/aromatic N) is 3. The first-order valence-electron chi connectivity index (χ1n) is 4.68. The van der Waals surface area contributed by atoms with Gasteiger partial charge in [-0.15, -0.1) is 0 Å². The van der Waals surface area contributed by atoms with Gasteiger partial charge in [-0.3, -0.25) is 19.1 Å². The number of amides is 2. The molecule has 0 radical (unpaired) electrons. The van der Waals surface area contributed by atoms with E-state index in [0.717, 1.165) is 9.58 Å². The van der Waals surface area contributed by atoms with Gasteiger partial charge in [-0.05, 0) is 0 Å². The number of carbonyl (C=O) groups is 3. The largest absolute Gasteiger partial charge is 0.480 e. The van der Waals surface area contributed by atoms with E-state index in [0.29, 0.717) is 5.69 Å². The Morgan fingerprint density at radius 2 is 2.00 bits per heavy atom. The molecule has 2 heterocycles. The molecular formula is C9H9N3O4. The van der Waals surface area contributed by atoms with Gasteiger partial charge in [-0.25, -0.2) is 4.90 Å². The Morgan fingerprint density at radius 1 is 1.38 bits per heavy atom. The van der Waals surface area contributed by atoms with Gasteiger partial charge in [0.1, 0.15) is 6.54 Å². The predicted octanol–water partition coefficient (Wildman–Crippen LogP) is -0.379. The number of rotatable bonds is 3. The number of hydrogen-bond acceptors (Lipinski definition) is 4. The minimum absolute atomic E-state index is 0.197. The van der Waals surface area contributed by atoms with Gasteiger partial charge in [0.2, 0.25) is 11.8 Å². The number of carboxylic acids is 1. The van der Waals surface area contributed by atoms with E-state index >= 15 is 0 Å². The molecule has 2 amide bonds. The summed E-state index contributed by atoms with van der Waals surface area (Å²) >= 11 is 0. The van der Waals surface area contributed by atoms with E-state index in [1.807, 2.05) is 0 Å². The molecule has 1 aliphatic rings. The van der Waals surface area contributed by atoms with Crippen LogP contribution in [0.2, 0.25) is 0 Å². The molecule has 84 valence electrons. The minimum Gasteiger partial charge on any atom is -0.480 e. The van der Waals surface area contributed by atoms with Crippen molar-refractivity contribution in [1.82, 2.24) is 9.78 Å². The normalized spacial score (nSPS) is 15.9. The summed E-state index contributed by atoms with van der Waals surface area (Å²) in [7, 11) is 0. The van der Waals surface area contributed by atoms with E-state index in [2.05, 4.69) is 5.10 Å². The molecule has 1 aromatic rings. The highest BCUT2D eigenvalue weighted by Crippen LogP contribution is 2.21. The number of carbonyl (C=O) groups excluding carboxylic acids is 2. The predicted molar refractivity (Wildman–Crippen MR) is 51.6 cm³/mol. The Morgan fingerprint density at radius 3 is 2.56 bits per heavy atom. The van der Waals surface area contributed by atoms with Crippen molar-refractivity contribution in [3.8, 4) is 0 Å². The number of anilines is 1. The summed E-state index contributed by atoms with van der Waals surface area (Å²) in [5.74, 6) is -1.59. The summed E-state index contributed by atoms with van der Waals surface area (Å²) < 4.78 is 1.16. The number of imide groups is 1. The van der Waals surface area contributed by atoms with Gasteiger partial charge >= 0.3 is 5.97 Å². The second-order valence-corrected chi connectivity index (χ2v) is 3.41. The van der Waals surface area contributed by atoms with Crippen molar-refractivity contribution >= 4 is 23.5 Å². The van der Waals surface area contributed by atoms with Gasteiger partial charge in [-0.1, -0.05) is 0 Å². The molecule has 1 fully saturated rings. The summed E-state index contributed by atoms with van der Waals surface area (Å²) in [6, 6.07) is 0. The molecule has 0 aromatic carbocycles. The molecule has 1 aliphatic heterocycles. The Balaban J connectivity index is 2.21. The molecule has 16 heavy (non-hydrogen) atoms. The summed E-state index contributed by atoms with van der Waals surface area (Å²) in [5, 5.41) is 12.3. The van der Waals surface area contributed by atoms with Gasteiger partial charge in [0, 0.05) is 19.0 Å². The van der Waals surface area contributed by atoms with Gasteiger partial charge in [0.15, 0.2) is 0 Å². The maximum absolute atomic E-state index is 11.4. The number of hydrogen-bond donors (Lipinski definition) is 1. The van der Waals surface area contributed by atoms with E-state index < -0.39 is 5.97 Å². The van der Waals surface area contributed by atoms with Crippen molar-refractivity contribution in [3.63, 3.8) is 0 Å². The van der Waals surface area contributed by atoms with Crippen LogP contribution in [0.5, 0.6) is 0 Å². The van der Waals surface area contributed by atoms with Crippen LogP contribution >= 0.6 is 0 Å². The monoisotopic (exact) mass is 223 g/mol. The van der Waals surface area contributed by atoms with Gasteiger partial charge in [0.25, 0.3) is 0 Å². The lowest BCUT2D eigenvalue weighted by Crippen LogP contribution is -2.28. The van der Waals surface area contributed by atoms with Crippen LogP contribution in [-0.4, -0.2) is 32.7 Å². The Labute approximate surface area is 90.3 Å². The second kappa shape index (κ2) is 3.76. The molecule has 0 bridgehead atoms. The third-order valence-corrected chi connectivity index (χ3v) is 2.23. The van der Waals surface area contributed by atoms with Gasteiger partial charge in [-0.2, -0.15) is 5.10 Å². The van der Waals surface area contributed by atoms with Crippen molar-refractivity contribution in [2.45, 2.75) is 19.4 Å². The first-order valence-corrected chi connectivity index (χ1v) is 4.68. The molecule has 0 spiro atoms. The molecule has 0 unspecified atom stereocenters. The van der Waals surface area contributed by atoms with Gasteiger partial charge < -0.3 is 5.11 Å². The number of carboxylic acid groups (broad SMARTS) is 1. The average molecular weight is 223 g/mol. The van der Waals surface area contributed by atoms with Crippen molar-refractivity contribution in [2.24, 2.45) is 0 Å². The minimum atomic E-state index is -1.03. The van der Waals surface area contributed by atoms with Crippen molar-refractivity contribution < 1.29 is 19.5 Å². The highest BCUT2D eigenvalue weighted by molar-refractivity contribution is 6.19. The van der Waals surface area contributed by atoms with Crippen LogP contribution in [0.3, 0.4) is 0 Å². The first kappa shape index (κ1) is 10.3. The molecule has 7 nitrogen and oxygen atoms in total. The van der Waals surface area contributed by atoms with Crippen molar-refractivity contribution in [3.05, 3.63) is 12.4 Å². The molecule has 0 saturated carbocycles. The molecule has 1 saturated heterocycles. The zero-order valence-electron chi connectivity index (χ0n) is 8.29. The standard InChI is InChI=1S/C9H9N3O4/c13-7-1-2-8(14)12(7)6-3-10-11(4-6)5-9(15)16/h3-4H,1-2,5H2,(H,15,16). The SMILES string of the molecule is O=C(O)Cn1cc(N2C(=O)CCC2=O)cn1. The molecule has 0 atom stereocenters. The maximum atomic E-state index is 11.4. The van der Waals surface area contributed by atoms with Crippen LogP contribution < -0.4 is 4.90 Å². The quantitative estimate of drug-likeness (QED) is 0.705. The average Bonchev–Trinajstić information content (AvgIpc) is 2.73. The fraction of sp³-hybridized carbons (Fsp3) is 0.333. The van der Waals surface area contributed by atoms with E-state index in [4.69, 9.17) is 5.11 Å². The molecule has 7 heteroatoms. The van der Waals surface area contributed by atoms with E-state index in [1.54, 1.807) is 0 Å². The molecule has 2 rings (SSSR count). The summed E-state index contributed by atoms with van der Waals surface area (Å²) in [4.78, 5) is 34.2. The highest BCUT2D eigenvalue weighted by Gasteiger charge is 2.31. The van der Waals surface area contributed by atoms with Crippen molar-refractivity contribution in [2.75, 3.05) is 4.90 Å². The lowest BCUT2D eigenvalue weighted by molar-refractivity contribution is -0.137. The van der Waals surface area contributed by atoms with E-state index in [9.17, 15) is 14.4 Å². The molecule has 1 N–H and O–H groups in total. The van der Waals surface area contributed by atoms with Crippen LogP contribution in [0.25, 0.3) is 0 Å². The molecule has 0 aliphatic carbocycles. The highest BCUT2D eigenvalue weighted by atomic mass is 16.4. The van der Waals surface area contributed by atoms with Crippen LogP contribution in [0.4, 0.5) is 5.69 Å². The fourth-order valence-corrected chi connectivity index (χ4v) is 1.56.